The van der Waals surface area contributed by atoms with Gasteiger partial charge in [-0.3, -0.25) is 9.52 Å². The van der Waals surface area contributed by atoms with Crippen LogP contribution >= 0.6 is 22.9 Å². The average molecular weight is 527 g/mol. The molecule has 0 aliphatic rings. The van der Waals surface area contributed by atoms with Gasteiger partial charge in [0.2, 0.25) is 5.91 Å². The smallest absolute Gasteiger partial charge is 0.302 e. The summed E-state index contributed by atoms with van der Waals surface area (Å²) in [6.45, 7) is 1.37. The third-order valence-electron chi connectivity index (χ3n) is 4.56. The number of pyridine rings is 1. The number of thiazole rings is 1. The highest BCUT2D eigenvalue weighted by Gasteiger charge is 2.31. The van der Waals surface area contributed by atoms with E-state index in [1.165, 1.54) is 30.5 Å². The maximum Gasteiger partial charge on any atom is 0.416 e. The molecule has 0 spiro atoms. The van der Waals surface area contributed by atoms with Gasteiger partial charge in [0.25, 0.3) is 10.0 Å². The normalized spacial score (nSPS) is 12.0. The van der Waals surface area contributed by atoms with E-state index >= 15 is 0 Å². The van der Waals surface area contributed by atoms with Crippen molar-refractivity contribution in [3.8, 4) is 11.1 Å². The van der Waals surface area contributed by atoms with E-state index in [0.717, 1.165) is 22.9 Å². The van der Waals surface area contributed by atoms with E-state index in [2.05, 4.69) is 20.0 Å². The van der Waals surface area contributed by atoms with Crippen LogP contribution in [-0.2, 0) is 21.0 Å². The highest BCUT2D eigenvalue weighted by molar-refractivity contribution is 7.92. The Morgan fingerprint density at radius 3 is 2.56 bits per heavy atom. The van der Waals surface area contributed by atoms with Crippen molar-refractivity contribution in [3.63, 3.8) is 0 Å². The summed E-state index contributed by atoms with van der Waals surface area (Å²) in [4.78, 5) is 19.0. The fraction of sp³-hybridized carbons (Fsp3) is 0.0952. The summed E-state index contributed by atoms with van der Waals surface area (Å²) in [5, 5.41) is 2.87. The zero-order valence-electron chi connectivity index (χ0n) is 17.1. The van der Waals surface area contributed by atoms with E-state index < -0.39 is 26.7 Å². The monoisotopic (exact) mass is 526 g/mol. The van der Waals surface area contributed by atoms with Crippen LogP contribution in [0.15, 0.2) is 59.6 Å². The second kappa shape index (κ2) is 8.85. The standard InChI is InChI=1S/C21H14ClF3N4O3S2/c1-11(30)27-20-28-16-6-5-12(8-18(16)33-20)13-7-17(19(22)26-10-13)29-34(31,32)15-4-2-3-14(9-15)21(23,24)25/h2-10,29H,1H3,(H,27,28,30). The zero-order chi connectivity index (χ0) is 24.7. The molecule has 0 saturated carbocycles. The molecule has 2 heterocycles. The molecule has 4 aromatic rings. The second-order valence-corrected chi connectivity index (χ2v) is 10.1. The van der Waals surface area contributed by atoms with Crippen LogP contribution in [0.5, 0.6) is 0 Å². The Hall–Kier alpha value is -3.22. The molecule has 176 valence electrons. The molecule has 0 aliphatic carbocycles. The SMILES string of the molecule is CC(=O)Nc1nc2ccc(-c3cnc(Cl)c(NS(=O)(=O)c4cccc(C(F)(F)F)c4)c3)cc2s1. The first-order valence-electron chi connectivity index (χ1n) is 9.46. The topological polar surface area (TPSA) is 101 Å². The minimum Gasteiger partial charge on any atom is -0.302 e. The average Bonchev–Trinajstić information content (AvgIpc) is 3.15. The van der Waals surface area contributed by atoms with Crippen LogP contribution in [0.3, 0.4) is 0 Å². The number of halogens is 4. The van der Waals surface area contributed by atoms with Crippen LogP contribution in [0.1, 0.15) is 12.5 Å². The van der Waals surface area contributed by atoms with E-state index in [1.54, 1.807) is 18.2 Å². The second-order valence-electron chi connectivity index (χ2n) is 7.08. The number of nitrogens with one attached hydrogen (secondary N) is 2. The summed E-state index contributed by atoms with van der Waals surface area (Å²) in [6, 6.07) is 10.0. The first-order valence-corrected chi connectivity index (χ1v) is 12.1. The van der Waals surface area contributed by atoms with E-state index in [1.807, 2.05) is 0 Å². The Morgan fingerprint density at radius 2 is 1.85 bits per heavy atom. The minimum absolute atomic E-state index is 0.0973. The van der Waals surface area contributed by atoms with Crippen LogP contribution in [0.2, 0.25) is 5.15 Å². The molecule has 34 heavy (non-hydrogen) atoms. The number of carbonyl (C=O) groups is 1. The lowest BCUT2D eigenvalue weighted by molar-refractivity contribution is -0.137. The number of sulfonamides is 1. The Kier molecular flexibility index (Phi) is 6.23. The molecule has 7 nitrogen and oxygen atoms in total. The molecule has 0 saturated heterocycles. The maximum atomic E-state index is 13.0. The van der Waals surface area contributed by atoms with Gasteiger partial charge in [0, 0.05) is 18.7 Å². The highest BCUT2D eigenvalue weighted by atomic mass is 35.5. The molecule has 0 bridgehead atoms. The van der Waals surface area contributed by atoms with Gasteiger partial charge in [0.05, 0.1) is 26.4 Å². The van der Waals surface area contributed by atoms with Crippen LogP contribution < -0.4 is 10.0 Å². The van der Waals surface area contributed by atoms with E-state index in [4.69, 9.17) is 11.6 Å². The van der Waals surface area contributed by atoms with Gasteiger partial charge < -0.3 is 5.32 Å². The first kappa shape index (κ1) is 23.9. The van der Waals surface area contributed by atoms with Crippen molar-refractivity contribution in [1.82, 2.24) is 9.97 Å². The lowest BCUT2D eigenvalue weighted by Gasteiger charge is -2.13. The van der Waals surface area contributed by atoms with Gasteiger partial charge in [-0.1, -0.05) is 35.1 Å². The molecule has 0 aliphatic heterocycles. The molecule has 0 fully saturated rings. The van der Waals surface area contributed by atoms with Crippen molar-refractivity contribution in [1.29, 1.82) is 0 Å². The summed E-state index contributed by atoms with van der Waals surface area (Å²) in [6.07, 6.45) is -3.26. The highest BCUT2D eigenvalue weighted by Crippen LogP contribution is 2.34. The fourth-order valence-corrected chi connectivity index (χ4v) is 5.29. The Labute approximate surface area is 200 Å². The zero-order valence-corrected chi connectivity index (χ0v) is 19.5. The van der Waals surface area contributed by atoms with E-state index in [-0.39, 0.29) is 16.7 Å². The third-order valence-corrected chi connectivity index (χ3v) is 7.16. The van der Waals surface area contributed by atoms with Crippen molar-refractivity contribution in [3.05, 3.63) is 65.4 Å². The molecular weight excluding hydrogens is 513 g/mol. The van der Waals surface area contributed by atoms with Crippen LogP contribution in [-0.4, -0.2) is 24.3 Å². The Morgan fingerprint density at radius 1 is 1.09 bits per heavy atom. The summed E-state index contributed by atoms with van der Waals surface area (Å²) in [5.41, 5.74) is 0.631. The number of alkyl halides is 3. The molecular formula is C21H14ClF3N4O3S2. The van der Waals surface area contributed by atoms with Crippen LogP contribution in [0.25, 0.3) is 21.3 Å². The van der Waals surface area contributed by atoms with Gasteiger partial charge >= 0.3 is 6.18 Å². The Bertz CT molecular complexity index is 1520. The van der Waals surface area contributed by atoms with Gasteiger partial charge in [-0.2, -0.15) is 13.2 Å². The largest absolute Gasteiger partial charge is 0.416 e. The number of anilines is 2. The predicted molar refractivity (Wildman–Crippen MR) is 124 cm³/mol. The van der Waals surface area contributed by atoms with Gasteiger partial charge in [-0.15, -0.1) is 0 Å². The molecule has 2 aromatic carbocycles. The van der Waals surface area contributed by atoms with Crippen molar-refractivity contribution in [2.75, 3.05) is 10.0 Å². The number of benzene rings is 2. The molecule has 0 radical (unpaired) electrons. The molecule has 2 aromatic heterocycles. The van der Waals surface area contributed by atoms with E-state index in [0.29, 0.717) is 27.8 Å². The van der Waals surface area contributed by atoms with Gasteiger partial charge in [0.1, 0.15) is 0 Å². The van der Waals surface area contributed by atoms with Crippen molar-refractivity contribution < 1.29 is 26.4 Å². The molecule has 13 heteroatoms. The molecule has 4 rings (SSSR count). The number of rotatable bonds is 5. The van der Waals surface area contributed by atoms with Gasteiger partial charge in [0.15, 0.2) is 10.3 Å². The molecule has 2 N–H and O–H groups in total. The molecule has 0 atom stereocenters. The van der Waals surface area contributed by atoms with Gasteiger partial charge in [-0.05, 0) is 42.0 Å². The summed E-state index contributed by atoms with van der Waals surface area (Å²) >= 11 is 7.32. The van der Waals surface area contributed by atoms with Crippen molar-refractivity contribution >= 4 is 59.9 Å². The third kappa shape index (κ3) is 5.13. The number of carbonyl (C=O) groups excluding carboxylic acids is 1. The maximum absolute atomic E-state index is 13.0. The first-order chi connectivity index (χ1) is 15.9. The fourth-order valence-electron chi connectivity index (χ4n) is 3.03. The summed E-state index contributed by atoms with van der Waals surface area (Å²) < 4.78 is 67.4. The van der Waals surface area contributed by atoms with Gasteiger partial charge in [-0.25, -0.2) is 18.4 Å². The number of amides is 1. The quantitative estimate of drug-likeness (QED) is 0.321. The summed E-state index contributed by atoms with van der Waals surface area (Å²) in [5.74, 6) is -0.251. The number of fused-ring (bicyclic) bond motifs is 1. The number of aromatic nitrogens is 2. The Balaban J connectivity index is 1.67. The number of nitrogens with zero attached hydrogens (tertiary/aromatic N) is 2. The summed E-state index contributed by atoms with van der Waals surface area (Å²) in [7, 11) is -4.38. The van der Waals surface area contributed by atoms with E-state index in [9.17, 15) is 26.4 Å². The van der Waals surface area contributed by atoms with Crippen molar-refractivity contribution in [2.24, 2.45) is 0 Å². The van der Waals surface area contributed by atoms with Crippen LogP contribution in [0.4, 0.5) is 24.0 Å². The minimum atomic E-state index is -4.69. The number of hydrogen-bond acceptors (Lipinski definition) is 6. The van der Waals surface area contributed by atoms with Crippen LogP contribution in [0, 0.1) is 0 Å². The molecule has 0 unspecified atom stereocenters. The number of hydrogen-bond donors (Lipinski definition) is 2. The predicted octanol–water partition coefficient (Wildman–Crippen LogP) is 5.79. The lowest BCUT2D eigenvalue weighted by atomic mass is 10.1. The van der Waals surface area contributed by atoms with Crippen molar-refractivity contribution in [2.45, 2.75) is 18.0 Å². The lowest BCUT2D eigenvalue weighted by Crippen LogP contribution is -2.15. The molecule has 1 amide bonds.